The summed E-state index contributed by atoms with van der Waals surface area (Å²) in [5.74, 6) is 0.608. The van der Waals surface area contributed by atoms with Gasteiger partial charge in [-0.2, -0.15) is 0 Å². The number of benzene rings is 1. The van der Waals surface area contributed by atoms with Crippen molar-refractivity contribution in [2.24, 2.45) is 0 Å². The van der Waals surface area contributed by atoms with Gasteiger partial charge in [-0.25, -0.2) is 5.06 Å². The molecule has 0 spiro atoms. The third-order valence-corrected chi connectivity index (χ3v) is 2.34. The second-order valence-corrected chi connectivity index (χ2v) is 3.51. The van der Waals surface area contributed by atoms with Crippen LogP contribution in [-0.4, -0.2) is 32.2 Å². The lowest BCUT2D eigenvalue weighted by atomic mass is 10.2. The minimum atomic E-state index is -0.211. The SMILES string of the molecule is COc1ccc(/C=C/C=C/C(=O)N(C)OC)cc1. The average Bonchev–Trinajstić information content (AvgIpc) is 2.43. The topological polar surface area (TPSA) is 38.8 Å². The number of hydrogen-bond donors (Lipinski definition) is 0. The molecular formula is C14H17NO3. The number of allylic oxidation sites excluding steroid dienone is 2. The molecule has 4 nitrogen and oxygen atoms in total. The van der Waals surface area contributed by atoms with E-state index in [-0.39, 0.29) is 5.91 Å². The first kappa shape index (κ1) is 14.0. The average molecular weight is 247 g/mol. The largest absolute Gasteiger partial charge is 0.497 e. The van der Waals surface area contributed by atoms with E-state index >= 15 is 0 Å². The fraction of sp³-hybridized carbons (Fsp3) is 0.214. The van der Waals surface area contributed by atoms with Gasteiger partial charge in [0.2, 0.25) is 0 Å². The summed E-state index contributed by atoms with van der Waals surface area (Å²) in [5, 5.41) is 1.15. The van der Waals surface area contributed by atoms with Crippen LogP contribution in [0.5, 0.6) is 5.75 Å². The van der Waals surface area contributed by atoms with Gasteiger partial charge in [0.15, 0.2) is 0 Å². The first-order valence-electron chi connectivity index (χ1n) is 5.48. The molecule has 4 heteroatoms. The van der Waals surface area contributed by atoms with Gasteiger partial charge in [-0.1, -0.05) is 30.4 Å². The van der Waals surface area contributed by atoms with E-state index in [0.29, 0.717) is 0 Å². The summed E-state index contributed by atoms with van der Waals surface area (Å²) in [6.45, 7) is 0. The first-order valence-corrected chi connectivity index (χ1v) is 5.48. The van der Waals surface area contributed by atoms with Gasteiger partial charge < -0.3 is 4.74 Å². The Morgan fingerprint density at radius 3 is 2.39 bits per heavy atom. The fourth-order valence-corrected chi connectivity index (χ4v) is 1.21. The lowest BCUT2D eigenvalue weighted by molar-refractivity contribution is -0.162. The molecule has 0 saturated carbocycles. The van der Waals surface area contributed by atoms with Gasteiger partial charge in [0.05, 0.1) is 14.2 Å². The highest BCUT2D eigenvalue weighted by Gasteiger charge is 2.00. The molecule has 0 aliphatic rings. The Morgan fingerprint density at radius 1 is 1.17 bits per heavy atom. The normalized spacial score (nSPS) is 11.1. The first-order chi connectivity index (χ1) is 8.67. The molecule has 96 valence electrons. The fourth-order valence-electron chi connectivity index (χ4n) is 1.21. The van der Waals surface area contributed by atoms with Gasteiger partial charge >= 0.3 is 0 Å². The van der Waals surface area contributed by atoms with Gasteiger partial charge in [-0.05, 0) is 17.7 Å². The van der Waals surface area contributed by atoms with Crippen LogP contribution in [0, 0.1) is 0 Å². The van der Waals surface area contributed by atoms with Crippen molar-refractivity contribution in [1.82, 2.24) is 5.06 Å². The van der Waals surface area contributed by atoms with Gasteiger partial charge in [0.1, 0.15) is 5.75 Å². The van der Waals surface area contributed by atoms with Crippen molar-refractivity contribution < 1.29 is 14.4 Å². The predicted molar refractivity (Wildman–Crippen MR) is 70.9 cm³/mol. The maximum Gasteiger partial charge on any atom is 0.269 e. The highest BCUT2D eigenvalue weighted by Crippen LogP contribution is 2.12. The monoisotopic (exact) mass is 247 g/mol. The molecule has 0 unspecified atom stereocenters. The summed E-state index contributed by atoms with van der Waals surface area (Å²) < 4.78 is 5.06. The smallest absolute Gasteiger partial charge is 0.269 e. The third-order valence-electron chi connectivity index (χ3n) is 2.34. The van der Waals surface area contributed by atoms with Crippen molar-refractivity contribution in [1.29, 1.82) is 0 Å². The summed E-state index contributed by atoms with van der Waals surface area (Å²) in [6, 6.07) is 7.64. The van der Waals surface area contributed by atoms with Crippen molar-refractivity contribution in [3.8, 4) is 5.75 Å². The molecule has 0 aliphatic heterocycles. The second kappa shape index (κ2) is 7.29. The quantitative estimate of drug-likeness (QED) is 0.455. The van der Waals surface area contributed by atoms with E-state index in [1.165, 1.54) is 13.2 Å². The summed E-state index contributed by atoms with van der Waals surface area (Å²) in [6.07, 6.45) is 6.80. The molecule has 1 rings (SSSR count). The highest BCUT2D eigenvalue weighted by molar-refractivity contribution is 5.86. The van der Waals surface area contributed by atoms with E-state index in [4.69, 9.17) is 9.57 Å². The van der Waals surface area contributed by atoms with Crippen LogP contribution in [0.2, 0.25) is 0 Å². The van der Waals surface area contributed by atoms with Crippen LogP contribution >= 0.6 is 0 Å². The number of carbonyl (C=O) groups is 1. The zero-order chi connectivity index (χ0) is 13.4. The van der Waals surface area contributed by atoms with E-state index in [1.807, 2.05) is 30.3 Å². The number of ether oxygens (including phenoxy) is 1. The van der Waals surface area contributed by atoms with E-state index in [9.17, 15) is 4.79 Å². The molecule has 0 aliphatic carbocycles. The Balaban J connectivity index is 2.54. The molecule has 1 amide bonds. The number of methoxy groups -OCH3 is 1. The summed E-state index contributed by atoms with van der Waals surface area (Å²) >= 11 is 0. The Hall–Kier alpha value is -2.07. The van der Waals surface area contributed by atoms with E-state index in [2.05, 4.69) is 0 Å². The highest BCUT2D eigenvalue weighted by atomic mass is 16.7. The van der Waals surface area contributed by atoms with Gasteiger partial charge in [-0.15, -0.1) is 0 Å². The second-order valence-electron chi connectivity index (χ2n) is 3.51. The molecule has 0 radical (unpaired) electrons. The van der Waals surface area contributed by atoms with Gasteiger partial charge in [0.25, 0.3) is 5.91 Å². The number of rotatable bonds is 5. The molecule has 0 atom stereocenters. The van der Waals surface area contributed by atoms with Crippen LogP contribution in [-0.2, 0) is 9.63 Å². The lowest BCUT2D eigenvalue weighted by Crippen LogP contribution is -2.22. The predicted octanol–water partition coefficient (Wildman–Crippen LogP) is 2.28. The molecule has 1 aromatic rings. The molecule has 18 heavy (non-hydrogen) atoms. The van der Waals surface area contributed by atoms with Crippen LogP contribution in [0.3, 0.4) is 0 Å². The van der Waals surface area contributed by atoms with Crippen LogP contribution in [0.1, 0.15) is 5.56 Å². The number of hydrogen-bond acceptors (Lipinski definition) is 3. The molecule has 0 saturated heterocycles. The molecule has 0 fully saturated rings. The number of carbonyl (C=O) groups excluding carboxylic acids is 1. The molecule has 1 aromatic carbocycles. The standard InChI is InChI=1S/C14H17NO3/c1-15(18-3)14(16)7-5-4-6-12-8-10-13(17-2)11-9-12/h4-11H,1-3H3/b6-4+,7-5+. The summed E-state index contributed by atoms with van der Waals surface area (Å²) in [7, 11) is 4.63. The number of hydroxylamine groups is 2. The van der Waals surface area contributed by atoms with Crippen molar-refractivity contribution in [2.75, 3.05) is 21.3 Å². The van der Waals surface area contributed by atoms with Crippen molar-refractivity contribution in [2.45, 2.75) is 0 Å². The molecule has 0 bridgehead atoms. The van der Waals surface area contributed by atoms with E-state index in [1.54, 1.807) is 26.3 Å². The Kier molecular flexibility index (Phi) is 5.67. The van der Waals surface area contributed by atoms with Crippen molar-refractivity contribution in [3.63, 3.8) is 0 Å². The Morgan fingerprint density at radius 2 is 1.83 bits per heavy atom. The van der Waals surface area contributed by atoms with Crippen LogP contribution < -0.4 is 4.74 Å². The molecule has 0 aromatic heterocycles. The Bertz CT molecular complexity index is 435. The number of likely N-dealkylation sites (N-methyl/N-ethyl adjacent to an activating group) is 1. The Labute approximate surface area is 107 Å². The third kappa shape index (κ3) is 4.43. The van der Waals surface area contributed by atoms with Crippen LogP contribution in [0.15, 0.2) is 42.5 Å². The van der Waals surface area contributed by atoms with Gasteiger partial charge in [-0.3, -0.25) is 9.63 Å². The minimum absolute atomic E-state index is 0.211. The summed E-state index contributed by atoms with van der Waals surface area (Å²) in [4.78, 5) is 16.1. The molecule has 0 heterocycles. The van der Waals surface area contributed by atoms with E-state index in [0.717, 1.165) is 16.4 Å². The van der Waals surface area contributed by atoms with Crippen molar-refractivity contribution in [3.05, 3.63) is 48.1 Å². The zero-order valence-electron chi connectivity index (χ0n) is 10.8. The minimum Gasteiger partial charge on any atom is -0.497 e. The summed E-state index contributed by atoms with van der Waals surface area (Å²) in [5.41, 5.74) is 1.04. The number of nitrogens with zero attached hydrogens (tertiary/aromatic N) is 1. The lowest BCUT2D eigenvalue weighted by Gasteiger charge is -2.09. The van der Waals surface area contributed by atoms with E-state index < -0.39 is 0 Å². The van der Waals surface area contributed by atoms with Crippen LogP contribution in [0.4, 0.5) is 0 Å². The number of amides is 1. The molecule has 0 N–H and O–H groups in total. The van der Waals surface area contributed by atoms with Crippen molar-refractivity contribution >= 4 is 12.0 Å². The maximum atomic E-state index is 11.3. The van der Waals surface area contributed by atoms with Gasteiger partial charge in [0, 0.05) is 13.1 Å². The van der Waals surface area contributed by atoms with Crippen LogP contribution in [0.25, 0.3) is 6.08 Å². The zero-order valence-corrected chi connectivity index (χ0v) is 10.8. The molecular weight excluding hydrogens is 230 g/mol. The maximum absolute atomic E-state index is 11.3.